The molecule has 3 nitrogen and oxygen atoms in total. The molecule has 0 heterocycles. The first kappa shape index (κ1) is 9.00. The Balaban J connectivity index is 1.79. The van der Waals surface area contributed by atoms with Gasteiger partial charge >= 0.3 is 0 Å². The molecule has 1 amide bonds. The maximum Gasteiger partial charge on any atom is 0.243 e. The molecule has 74 valence electrons. The Bertz CT molecular complexity index is 205. The van der Waals surface area contributed by atoms with Gasteiger partial charge in [-0.1, -0.05) is 6.42 Å². The summed E-state index contributed by atoms with van der Waals surface area (Å²) >= 11 is 0. The zero-order valence-electron chi connectivity index (χ0n) is 8.08. The van der Waals surface area contributed by atoms with E-state index in [9.17, 15) is 4.79 Å². The first-order chi connectivity index (χ1) is 6.29. The van der Waals surface area contributed by atoms with Crippen LogP contribution in [0.4, 0.5) is 0 Å². The summed E-state index contributed by atoms with van der Waals surface area (Å²) in [6.07, 6.45) is 6.03. The first-order valence-corrected chi connectivity index (χ1v) is 5.11. The van der Waals surface area contributed by atoms with Crippen LogP contribution in [0, 0.1) is 17.8 Å². The fourth-order valence-electron chi connectivity index (χ4n) is 3.02. The van der Waals surface area contributed by atoms with Gasteiger partial charge in [0.05, 0.1) is 7.11 Å². The minimum absolute atomic E-state index is 0.0417. The van der Waals surface area contributed by atoms with Gasteiger partial charge in [0.1, 0.15) is 0 Å². The number of nitrogens with one attached hydrogen (secondary N) is 1. The second-order valence-electron chi connectivity index (χ2n) is 4.37. The highest BCUT2D eigenvalue weighted by atomic mass is 16.6. The van der Waals surface area contributed by atoms with E-state index in [1.54, 1.807) is 0 Å². The normalized spacial score (nSPS) is 36.5. The third-order valence-corrected chi connectivity index (χ3v) is 3.55. The molecule has 2 rings (SSSR count). The second-order valence-corrected chi connectivity index (χ2v) is 4.37. The molecular weight excluding hydrogens is 166 g/mol. The summed E-state index contributed by atoms with van der Waals surface area (Å²) in [5, 5.41) is 0. The molecule has 0 aliphatic heterocycles. The molecule has 2 aliphatic rings. The molecule has 0 aromatic rings. The highest BCUT2D eigenvalue weighted by Crippen LogP contribution is 2.49. The van der Waals surface area contributed by atoms with E-state index in [0.29, 0.717) is 12.3 Å². The van der Waals surface area contributed by atoms with Crippen molar-refractivity contribution in [1.29, 1.82) is 0 Å². The van der Waals surface area contributed by atoms with Crippen molar-refractivity contribution in [2.45, 2.75) is 32.1 Å². The van der Waals surface area contributed by atoms with Crippen LogP contribution in [0.25, 0.3) is 0 Å². The van der Waals surface area contributed by atoms with Gasteiger partial charge in [-0.15, -0.1) is 0 Å². The van der Waals surface area contributed by atoms with Crippen LogP contribution in [-0.2, 0) is 9.63 Å². The van der Waals surface area contributed by atoms with Gasteiger partial charge in [0.2, 0.25) is 5.91 Å². The van der Waals surface area contributed by atoms with Crippen LogP contribution in [0.2, 0.25) is 0 Å². The zero-order chi connectivity index (χ0) is 9.26. The molecule has 0 aromatic heterocycles. The Hall–Kier alpha value is -0.570. The van der Waals surface area contributed by atoms with Crippen molar-refractivity contribution in [1.82, 2.24) is 5.48 Å². The lowest BCUT2D eigenvalue weighted by molar-refractivity contribution is -0.132. The Morgan fingerprint density at radius 2 is 2.31 bits per heavy atom. The number of rotatable bonds is 3. The van der Waals surface area contributed by atoms with Crippen molar-refractivity contribution in [3.8, 4) is 0 Å². The van der Waals surface area contributed by atoms with E-state index in [0.717, 1.165) is 11.8 Å². The Morgan fingerprint density at radius 1 is 1.46 bits per heavy atom. The molecule has 1 N–H and O–H groups in total. The molecule has 2 bridgehead atoms. The van der Waals surface area contributed by atoms with E-state index in [-0.39, 0.29) is 5.91 Å². The first-order valence-electron chi connectivity index (χ1n) is 5.11. The van der Waals surface area contributed by atoms with E-state index in [1.165, 1.54) is 32.8 Å². The molecule has 2 saturated carbocycles. The lowest BCUT2D eigenvalue weighted by Crippen LogP contribution is -2.26. The van der Waals surface area contributed by atoms with E-state index in [2.05, 4.69) is 10.3 Å². The standard InChI is InChI=1S/C10H17NO2/c1-13-11-10(12)6-9-5-7-2-3-8(9)4-7/h7-9H,2-6H2,1H3,(H,11,12). The molecular formula is C10H17NO2. The summed E-state index contributed by atoms with van der Waals surface area (Å²) in [5.74, 6) is 2.42. The molecule has 0 spiro atoms. The average molecular weight is 183 g/mol. The largest absolute Gasteiger partial charge is 0.277 e. The van der Waals surface area contributed by atoms with Crippen LogP contribution in [0.3, 0.4) is 0 Å². The topological polar surface area (TPSA) is 38.3 Å². The smallest absolute Gasteiger partial charge is 0.243 e. The number of hydrogen-bond acceptors (Lipinski definition) is 2. The Morgan fingerprint density at radius 3 is 2.85 bits per heavy atom. The van der Waals surface area contributed by atoms with Gasteiger partial charge in [-0.05, 0) is 37.0 Å². The minimum atomic E-state index is 0.0417. The summed E-state index contributed by atoms with van der Waals surface area (Å²) in [6, 6.07) is 0. The molecule has 2 aliphatic carbocycles. The maximum absolute atomic E-state index is 11.2. The van der Waals surface area contributed by atoms with Gasteiger partial charge < -0.3 is 0 Å². The summed E-state index contributed by atoms with van der Waals surface area (Å²) in [5.41, 5.74) is 2.39. The third kappa shape index (κ3) is 1.85. The van der Waals surface area contributed by atoms with Gasteiger partial charge in [-0.3, -0.25) is 9.63 Å². The van der Waals surface area contributed by atoms with Crippen molar-refractivity contribution < 1.29 is 9.63 Å². The summed E-state index contributed by atoms with van der Waals surface area (Å²) in [7, 11) is 1.48. The predicted molar refractivity (Wildman–Crippen MR) is 48.7 cm³/mol. The van der Waals surface area contributed by atoms with Crippen molar-refractivity contribution >= 4 is 5.91 Å². The molecule has 0 radical (unpaired) electrons. The van der Waals surface area contributed by atoms with Crippen LogP contribution >= 0.6 is 0 Å². The molecule has 3 unspecified atom stereocenters. The van der Waals surface area contributed by atoms with Crippen LogP contribution in [0.5, 0.6) is 0 Å². The monoisotopic (exact) mass is 183 g/mol. The van der Waals surface area contributed by atoms with Gasteiger partial charge in [-0.2, -0.15) is 0 Å². The number of fused-ring (bicyclic) bond motifs is 2. The second kappa shape index (κ2) is 3.66. The van der Waals surface area contributed by atoms with Crippen molar-refractivity contribution in [3.05, 3.63) is 0 Å². The predicted octanol–water partition coefficient (Wildman–Crippen LogP) is 1.49. The minimum Gasteiger partial charge on any atom is -0.277 e. The average Bonchev–Trinajstić information content (AvgIpc) is 2.65. The number of carbonyl (C=O) groups excluding carboxylic acids is 1. The Labute approximate surface area is 78.8 Å². The van der Waals surface area contributed by atoms with Crippen molar-refractivity contribution in [3.63, 3.8) is 0 Å². The van der Waals surface area contributed by atoms with Gasteiger partial charge in [-0.25, -0.2) is 5.48 Å². The summed E-state index contributed by atoms with van der Waals surface area (Å²) < 4.78 is 0. The highest BCUT2D eigenvalue weighted by Gasteiger charge is 2.39. The van der Waals surface area contributed by atoms with Gasteiger partial charge in [0.25, 0.3) is 0 Å². The quantitative estimate of drug-likeness (QED) is 0.673. The van der Waals surface area contributed by atoms with Crippen LogP contribution in [-0.4, -0.2) is 13.0 Å². The van der Waals surface area contributed by atoms with E-state index >= 15 is 0 Å². The lowest BCUT2D eigenvalue weighted by Gasteiger charge is -2.20. The highest BCUT2D eigenvalue weighted by molar-refractivity contribution is 5.75. The van der Waals surface area contributed by atoms with Crippen LogP contribution < -0.4 is 5.48 Å². The summed E-state index contributed by atoms with van der Waals surface area (Å²) in [6.45, 7) is 0. The number of hydrogen-bond donors (Lipinski definition) is 1. The van der Waals surface area contributed by atoms with Gasteiger partial charge in [0.15, 0.2) is 0 Å². The molecule has 0 saturated heterocycles. The molecule has 13 heavy (non-hydrogen) atoms. The molecule has 2 fully saturated rings. The maximum atomic E-state index is 11.2. The lowest BCUT2D eigenvalue weighted by atomic mass is 9.86. The Kier molecular flexibility index (Phi) is 2.54. The molecule has 3 heteroatoms. The van der Waals surface area contributed by atoms with E-state index in [1.807, 2.05) is 0 Å². The van der Waals surface area contributed by atoms with Crippen LogP contribution in [0.15, 0.2) is 0 Å². The number of carbonyl (C=O) groups is 1. The van der Waals surface area contributed by atoms with Gasteiger partial charge in [0, 0.05) is 6.42 Å². The number of hydroxylamine groups is 1. The fraction of sp³-hybridized carbons (Fsp3) is 0.900. The van der Waals surface area contributed by atoms with E-state index < -0.39 is 0 Å². The van der Waals surface area contributed by atoms with Crippen LogP contribution in [0.1, 0.15) is 32.1 Å². The van der Waals surface area contributed by atoms with E-state index in [4.69, 9.17) is 0 Å². The third-order valence-electron chi connectivity index (χ3n) is 3.55. The molecule has 0 aromatic carbocycles. The van der Waals surface area contributed by atoms with Crippen molar-refractivity contribution in [2.24, 2.45) is 17.8 Å². The van der Waals surface area contributed by atoms with Crippen molar-refractivity contribution in [2.75, 3.05) is 7.11 Å². The molecule has 3 atom stereocenters. The fourth-order valence-corrected chi connectivity index (χ4v) is 3.02. The number of amides is 1. The summed E-state index contributed by atoms with van der Waals surface area (Å²) in [4.78, 5) is 15.8. The zero-order valence-corrected chi connectivity index (χ0v) is 8.08. The SMILES string of the molecule is CONC(=O)CC1CC2CCC1C2.